The number of nitrogens with one attached hydrogen (secondary N) is 1. The topological polar surface area (TPSA) is 52.0 Å². The van der Waals surface area contributed by atoms with Crippen molar-refractivity contribution in [3.63, 3.8) is 0 Å². The molecule has 1 N–H and O–H groups in total. The lowest BCUT2D eigenvalue weighted by Gasteiger charge is -2.14. The number of halogens is 1. The largest absolute Gasteiger partial charge is 0.483 e. The molecule has 0 aliphatic heterocycles. The third-order valence-corrected chi connectivity index (χ3v) is 2.84. The molecule has 2 aromatic rings. The van der Waals surface area contributed by atoms with E-state index in [2.05, 4.69) is 15.5 Å². The highest BCUT2D eigenvalue weighted by molar-refractivity contribution is 6.30. The van der Waals surface area contributed by atoms with Crippen LogP contribution in [-0.2, 0) is 7.05 Å². The molecule has 0 saturated carbocycles. The van der Waals surface area contributed by atoms with Crippen molar-refractivity contribution < 1.29 is 4.74 Å². The van der Waals surface area contributed by atoms with Crippen LogP contribution in [0.15, 0.2) is 24.3 Å². The molecule has 0 radical (unpaired) electrons. The molecule has 0 saturated heterocycles. The number of benzene rings is 1. The third kappa shape index (κ3) is 2.56. The van der Waals surface area contributed by atoms with Gasteiger partial charge in [0.05, 0.1) is 0 Å². The summed E-state index contributed by atoms with van der Waals surface area (Å²) in [5.41, 5.74) is 0. The summed E-state index contributed by atoms with van der Waals surface area (Å²) in [5, 5.41) is 11.7. The molecule has 18 heavy (non-hydrogen) atoms. The Labute approximate surface area is 111 Å². The van der Waals surface area contributed by atoms with Crippen LogP contribution in [-0.4, -0.2) is 21.8 Å². The van der Waals surface area contributed by atoms with Gasteiger partial charge in [0.2, 0.25) is 5.95 Å². The van der Waals surface area contributed by atoms with Crippen LogP contribution in [0.5, 0.6) is 5.75 Å². The number of aromatic nitrogens is 3. The summed E-state index contributed by atoms with van der Waals surface area (Å²) >= 11 is 5.91. The summed E-state index contributed by atoms with van der Waals surface area (Å²) in [6, 6.07) is 7.28. The number of rotatable bonds is 4. The molecule has 1 unspecified atom stereocenters. The van der Waals surface area contributed by atoms with E-state index in [0.29, 0.717) is 16.7 Å². The van der Waals surface area contributed by atoms with Crippen molar-refractivity contribution >= 4 is 17.5 Å². The number of nitrogens with zero attached hydrogens (tertiary/aromatic N) is 3. The minimum absolute atomic E-state index is 0.205. The van der Waals surface area contributed by atoms with Gasteiger partial charge in [-0.25, -0.2) is 0 Å². The van der Waals surface area contributed by atoms with Crippen LogP contribution < -0.4 is 10.1 Å². The molecule has 6 heteroatoms. The summed E-state index contributed by atoms with van der Waals surface area (Å²) in [6.07, 6.45) is -0.205. The Morgan fingerprint density at radius 2 is 2.17 bits per heavy atom. The summed E-state index contributed by atoms with van der Waals surface area (Å²) in [4.78, 5) is 0. The standard InChI is InChI=1S/C12H15ClN4O/c1-8(11-15-16-12(14-2)17(11)3)18-10-6-4-5-9(13)7-10/h4-8H,1-3H3,(H,14,16). The van der Waals surface area contributed by atoms with Crippen molar-refractivity contribution in [3.8, 4) is 5.75 Å². The fraction of sp³-hybridized carbons (Fsp3) is 0.333. The Morgan fingerprint density at radius 1 is 1.39 bits per heavy atom. The van der Waals surface area contributed by atoms with Crippen molar-refractivity contribution in [2.75, 3.05) is 12.4 Å². The first-order valence-corrected chi connectivity index (χ1v) is 5.99. The number of hydrogen-bond acceptors (Lipinski definition) is 4. The van der Waals surface area contributed by atoms with Crippen LogP contribution in [0, 0.1) is 0 Å². The van der Waals surface area contributed by atoms with Crippen molar-refractivity contribution in [2.24, 2.45) is 7.05 Å². The van der Waals surface area contributed by atoms with E-state index in [9.17, 15) is 0 Å². The Hall–Kier alpha value is -1.75. The average molecular weight is 267 g/mol. The smallest absolute Gasteiger partial charge is 0.224 e. The van der Waals surface area contributed by atoms with Gasteiger partial charge in [0.15, 0.2) is 11.9 Å². The predicted molar refractivity (Wildman–Crippen MR) is 71.0 cm³/mol. The molecule has 0 fully saturated rings. The molecular weight excluding hydrogens is 252 g/mol. The first-order valence-electron chi connectivity index (χ1n) is 5.61. The maximum absolute atomic E-state index is 5.91. The monoisotopic (exact) mass is 266 g/mol. The maximum Gasteiger partial charge on any atom is 0.224 e. The number of anilines is 1. The lowest BCUT2D eigenvalue weighted by atomic mass is 10.3. The van der Waals surface area contributed by atoms with Crippen molar-refractivity contribution in [2.45, 2.75) is 13.0 Å². The maximum atomic E-state index is 5.91. The van der Waals surface area contributed by atoms with Crippen molar-refractivity contribution in [1.82, 2.24) is 14.8 Å². The SMILES string of the molecule is CNc1nnc(C(C)Oc2cccc(Cl)c2)n1C. The molecule has 5 nitrogen and oxygen atoms in total. The zero-order chi connectivity index (χ0) is 13.1. The Morgan fingerprint density at radius 3 is 2.78 bits per heavy atom. The molecular formula is C12H15ClN4O. The van der Waals surface area contributed by atoms with Crippen LogP contribution in [0.3, 0.4) is 0 Å². The Kier molecular flexibility index (Phi) is 3.72. The summed E-state index contributed by atoms with van der Waals surface area (Å²) in [6.45, 7) is 1.92. The highest BCUT2D eigenvalue weighted by Gasteiger charge is 2.16. The minimum Gasteiger partial charge on any atom is -0.483 e. The number of hydrogen-bond donors (Lipinski definition) is 1. The highest BCUT2D eigenvalue weighted by atomic mass is 35.5. The summed E-state index contributed by atoms with van der Waals surface area (Å²) < 4.78 is 7.64. The molecule has 1 heterocycles. The third-order valence-electron chi connectivity index (χ3n) is 2.60. The second-order valence-electron chi connectivity index (χ2n) is 3.91. The van der Waals surface area contributed by atoms with E-state index in [1.807, 2.05) is 30.7 Å². The van der Waals surface area contributed by atoms with Gasteiger partial charge >= 0.3 is 0 Å². The van der Waals surface area contributed by atoms with Gasteiger partial charge in [0.1, 0.15) is 5.75 Å². The van der Waals surface area contributed by atoms with Crippen molar-refractivity contribution in [1.29, 1.82) is 0 Å². The fourth-order valence-electron chi connectivity index (χ4n) is 1.71. The number of ether oxygens (including phenoxy) is 1. The first-order chi connectivity index (χ1) is 8.61. The molecule has 96 valence electrons. The Bertz CT molecular complexity index is 541. The molecule has 0 aliphatic rings. The van der Waals surface area contributed by atoms with Gasteiger partial charge in [0.25, 0.3) is 0 Å². The van der Waals surface area contributed by atoms with E-state index >= 15 is 0 Å². The van der Waals surface area contributed by atoms with E-state index in [1.54, 1.807) is 19.2 Å². The minimum atomic E-state index is -0.205. The second-order valence-corrected chi connectivity index (χ2v) is 4.34. The van der Waals surface area contributed by atoms with E-state index < -0.39 is 0 Å². The predicted octanol–water partition coefficient (Wildman–Crippen LogP) is 2.65. The van der Waals surface area contributed by atoms with E-state index in [4.69, 9.17) is 16.3 Å². The molecule has 0 spiro atoms. The quantitative estimate of drug-likeness (QED) is 0.924. The molecule has 1 aromatic carbocycles. The summed E-state index contributed by atoms with van der Waals surface area (Å²) in [5.74, 6) is 2.16. The van der Waals surface area contributed by atoms with Gasteiger partial charge in [-0.2, -0.15) is 0 Å². The van der Waals surface area contributed by atoms with E-state index in [1.165, 1.54) is 0 Å². The van der Waals surface area contributed by atoms with Crippen LogP contribution >= 0.6 is 11.6 Å². The van der Waals surface area contributed by atoms with Gasteiger partial charge in [0, 0.05) is 19.1 Å². The molecule has 1 atom stereocenters. The average Bonchev–Trinajstić information content (AvgIpc) is 2.70. The Balaban J connectivity index is 2.16. The lowest BCUT2D eigenvalue weighted by Crippen LogP contribution is -2.10. The van der Waals surface area contributed by atoms with Gasteiger partial charge in [-0.3, -0.25) is 4.57 Å². The van der Waals surface area contributed by atoms with Crippen LogP contribution in [0.25, 0.3) is 0 Å². The van der Waals surface area contributed by atoms with Crippen molar-refractivity contribution in [3.05, 3.63) is 35.1 Å². The van der Waals surface area contributed by atoms with E-state index in [-0.39, 0.29) is 6.10 Å². The van der Waals surface area contributed by atoms with Gasteiger partial charge in [-0.15, -0.1) is 10.2 Å². The first kappa shape index (κ1) is 12.7. The molecule has 0 amide bonds. The second kappa shape index (κ2) is 5.27. The zero-order valence-corrected chi connectivity index (χ0v) is 11.3. The van der Waals surface area contributed by atoms with Gasteiger partial charge in [-0.1, -0.05) is 17.7 Å². The van der Waals surface area contributed by atoms with Crippen LogP contribution in [0.2, 0.25) is 5.02 Å². The normalized spacial score (nSPS) is 12.2. The molecule has 1 aromatic heterocycles. The summed E-state index contributed by atoms with van der Waals surface area (Å²) in [7, 11) is 3.69. The fourth-order valence-corrected chi connectivity index (χ4v) is 1.89. The highest BCUT2D eigenvalue weighted by Crippen LogP contribution is 2.23. The van der Waals surface area contributed by atoms with Gasteiger partial charge in [-0.05, 0) is 25.1 Å². The van der Waals surface area contributed by atoms with Crippen LogP contribution in [0.4, 0.5) is 5.95 Å². The lowest BCUT2D eigenvalue weighted by molar-refractivity contribution is 0.212. The van der Waals surface area contributed by atoms with Gasteiger partial charge < -0.3 is 10.1 Å². The van der Waals surface area contributed by atoms with E-state index in [0.717, 1.165) is 5.82 Å². The molecule has 0 bridgehead atoms. The van der Waals surface area contributed by atoms with Crippen LogP contribution in [0.1, 0.15) is 18.9 Å². The zero-order valence-electron chi connectivity index (χ0n) is 10.5. The molecule has 0 aliphatic carbocycles. The molecule has 2 rings (SSSR count).